The van der Waals surface area contributed by atoms with E-state index in [4.69, 9.17) is 23.2 Å². The summed E-state index contributed by atoms with van der Waals surface area (Å²) in [5.41, 5.74) is 2.36. The van der Waals surface area contributed by atoms with Gasteiger partial charge in [-0.05, 0) is 54.8 Å². The molecule has 1 fully saturated rings. The second-order valence-corrected chi connectivity index (χ2v) is 11.1. The molecule has 5 rings (SSSR count). The van der Waals surface area contributed by atoms with E-state index in [0.29, 0.717) is 31.2 Å². The number of rotatable bonds is 4. The maximum atomic E-state index is 13.8. The van der Waals surface area contributed by atoms with Gasteiger partial charge in [-0.3, -0.25) is 4.79 Å². The number of halogens is 3. The number of aliphatic imine (C=N–C) groups is 1. The van der Waals surface area contributed by atoms with Gasteiger partial charge in [0.15, 0.2) is 0 Å². The fourth-order valence-corrected chi connectivity index (χ4v) is 6.51. The van der Waals surface area contributed by atoms with E-state index < -0.39 is 21.7 Å². The van der Waals surface area contributed by atoms with Gasteiger partial charge in [0, 0.05) is 29.9 Å². The van der Waals surface area contributed by atoms with Crippen LogP contribution in [0.1, 0.15) is 34.3 Å². The van der Waals surface area contributed by atoms with Gasteiger partial charge in [0.1, 0.15) is 16.5 Å². The molecule has 2 aliphatic rings. The topological polar surface area (TPSA) is 70.0 Å². The highest BCUT2D eigenvalue weighted by molar-refractivity contribution is 7.89. The van der Waals surface area contributed by atoms with Crippen LogP contribution in [0.4, 0.5) is 10.1 Å². The summed E-state index contributed by atoms with van der Waals surface area (Å²) < 4.78 is 41.3. The van der Waals surface area contributed by atoms with Crippen molar-refractivity contribution in [3.63, 3.8) is 0 Å². The molecule has 2 aliphatic heterocycles. The van der Waals surface area contributed by atoms with Gasteiger partial charge in [0.25, 0.3) is 5.91 Å². The molecule has 0 spiro atoms. The Labute approximate surface area is 212 Å². The van der Waals surface area contributed by atoms with Crippen molar-refractivity contribution < 1.29 is 17.6 Å². The predicted molar refractivity (Wildman–Crippen MR) is 134 cm³/mol. The first-order valence-corrected chi connectivity index (χ1v) is 13.2. The zero-order valence-corrected chi connectivity index (χ0v) is 20.7. The van der Waals surface area contributed by atoms with Crippen molar-refractivity contribution >= 4 is 50.7 Å². The first-order valence-electron chi connectivity index (χ1n) is 11.0. The number of amides is 1. The minimum absolute atomic E-state index is 0.0430. The lowest BCUT2D eigenvalue weighted by molar-refractivity contribution is 0.100. The van der Waals surface area contributed by atoms with Crippen molar-refractivity contribution in [2.24, 2.45) is 4.99 Å². The zero-order chi connectivity index (χ0) is 24.7. The Morgan fingerprint density at radius 2 is 1.69 bits per heavy atom. The highest BCUT2D eigenvalue weighted by Gasteiger charge is 2.31. The van der Waals surface area contributed by atoms with Crippen molar-refractivity contribution in [1.82, 2.24) is 4.31 Å². The molecule has 3 aromatic rings. The Morgan fingerprint density at radius 3 is 2.43 bits per heavy atom. The summed E-state index contributed by atoms with van der Waals surface area (Å²) in [6.45, 7) is 1.26. The third-order valence-corrected chi connectivity index (χ3v) is 8.80. The highest BCUT2D eigenvalue weighted by Crippen LogP contribution is 2.32. The lowest BCUT2D eigenvalue weighted by Gasteiger charge is -2.20. The maximum Gasteiger partial charge on any atom is 0.279 e. The smallest absolute Gasteiger partial charge is 0.279 e. The third kappa shape index (κ3) is 4.47. The molecular weight excluding hydrogens is 512 g/mol. The van der Waals surface area contributed by atoms with Crippen LogP contribution in [0, 0.1) is 5.82 Å². The quantitative estimate of drug-likeness (QED) is 0.444. The molecule has 0 atom stereocenters. The molecule has 0 unspecified atom stereocenters. The molecule has 0 aliphatic carbocycles. The van der Waals surface area contributed by atoms with Gasteiger partial charge in [-0.2, -0.15) is 9.30 Å². The van der Waals surface area contributed by atoms with Crippen LogP contribution in [-0.4, -0.2) is 37.6 Å². The Morgan fingerprint density at radius 1 is 0.943 bits per heavy atom. The van der Waals surface area contributed by atoms with Crippen LogP contribution in [0.15, 0.2) is 70.6 Å². The van der Waals surface area contributed by atoms with Crippen LogP contribution in [0.25, 0.3) is 0 Å². The number of hydrogen-bond donors (Lipinski definition) is 0. The summed E-state index contributed by atoms with van der Waals surface area (Å²) in [7, 11) is -3.82. The number of carbonyl (C=O) groups excluding carboxylic acids is 1. The third-order valence-electron chi connectivity index (χ3n) is 6.13. The first kappa shape index (κ1) is 23.9. The zero-order valence-electron chi connectivity index (χ0n) is 18.4. The number of benzene rings is 3. The fraction of sp³-hybridized carbons (Fsp3) is 0.200. The number of amidine groups is 1. The van der Waals surface area contributed by atoms with Crippen LogP contribution >= 0.6 is 23.2 Å². The maximum absolute atomic E-state index is 13.8. The Kier molecular flexibility index (Phi) is 6.40. The molecule has 0 N–H and O–H groups in total. The molecule has 0 bridgehead atoms. The Balaban J connectivity index is 1.55. The van der Waals surface area contributed by atoms with Crippen LogP contribution in [0.5, 0.6) is 0 Å². The van der Waals surface area contributed by atoms with Crippen LogP contribution < -0.4 is 4.90 Å². The Hall–Kier alpha value is -2.78. The first-order chi connectivity index (χ1) is 16.8. The molecule has 2 heterocycles. The summed E-state index contributed by atoms with van der Waals surface area (Å²) in [5, 5.41) is 0.00786. The second kappa shape index (κ2) is 9.35. The summed E-state index contributed by atoms with van der Waals surface area (Å²) in [5.74, 6) is -0.800. The van der Waals surface area contributed by atoms with Crippen molar-refractivity contribution in [3.05, 3.63) is 93.2 Å². The molecule has 3 aromatic carbocycles. The van der Waals surface area contributed by atoms with Gasteiger partial charge < -0.3 is 4.90 Å². The molecule has 10 heteroatoms. The predicted octanol–water partition coefficient (Wildman–Crippen LogP) is 5.52. The average Bonchev–Trinajstić information content (AvgIpc) is 3.50. The van der Waals surface area contributed by atoms with Crippen molar-refractivity contribution in [2.75, 3.05) is 18.0 Å². The number of anilines is 1. The van der Waals surface area contributed by atoms with Crippen LogP contribution in [0.3, 0.4) is 0 Å². The Bertz CT molecular complexity index is 1470. The normalized spacial score (nSPS) is 17.2. The molecule has 0 saturated carbocycles. The summed E-state index contributed by atoms with van der Waals surface area (Å²) >= 11 is 12.2. The summed E-state index contributed by atoms with van der Waals surface area (Å²) in [6, 6.07) is 15.9. The second-order valence-electron chi connectivity index (χ2n) is 8.34. The minimum atomic E-state index is -3.82. The van der Waals surface area contributed by atoms with Crippen molar-refractivity contribution in [2.45, 2.75) is 24.3 Å². The van der Waals surface area contributed by atoms with E-state index in [2.05, 4.69) is 4.99 Å². The van der Waals surface area contributed by atoms with Gasteiger partial charge in [-0.25, -0.2) is 12.8 Å². The highest BCUT2D eigenvalue weighted by atomic mass is 35.5. The van der Waals surface area contributed by atoms with Crippen molar-refractivity contribution in [1.29, 1.82) is 0 Å². The summed E-state index contributed by atoms with van der Waals surface area (Å²) in [4.78, 5) is 19.3. The fourth-order valence-electron chi connectivity index (χ4n) is 4.32. The molecule has 6 nitrogen and oxygen atoms in total. The van der Waals surface area contributed by atoms with Gasteiger partial charge in [-0.1, -0.05) is 47.5 Å². The lowest BCUT2D eigenvalue weighted by atomic mass is 10.1. The van der Waals surface area contributed by atoms with Crippen molar-refractivity contribution in [3.8, 4) is 0 Å². The number of sulfonamides is 1. The van der Waals surface area contributed by atoms with E-state index in [0.717, 1.165) is 24.0 Å². The summed E-state index contributed by atoms with van der Waals surface area (Å²) in [6.07, 6.45) is 1.57. The van der Waals surface area contributed by atoms with E-state index in [1.54, 1.807) is 11.0 Å². The minimum Gasteiger partial charge on any atom is -0.321 e. The number of carbonyl (C=O) groups is 1. The van der Waals surface area contributed by atoms with Crippen LogP contribution in [0.2, 0.25) is 10.0 Å². The largest absolute Gasteiger partial charge is 0.321 e. The number of fused-ring (bicyclic) bond motifs is 1. The van der Waals surface area contributed by atoms with E-state index in [-0.39, 0.29) is 20.5 Å². The number of nitrogens with zero attached hydrogens (tertiary/aromatic N) is 3. The van der Waals surface area contributed by atoms with Gasteiger partial charge in [-0.15, -0.1) is 0 Å². The monoisotopic (exact) mass is 531 g/mol. The van der Waals surface area contributed by atoms with Gasteiger partial charge >= 0.3 is 0 Å². The van der Waals surface area contributed by atoms with E-state index in [9.17, 15) is 17.6 Å². The van der Waals surface area contributed by atoms with Crippen LogP contribution in [-0.2, 0) is 16.6 Å². The molecule has 1 amide bonds. The molecule has 35 heavy (non-hydrogen) atoms. The molecular formula is C25H20Cl2FN3O3S. The lowest BCUT2D eigenvalue weighted by Crippen LogP contribution is -2.28. The SMILES string of the molecule is O=C(N=C1c2ccccc2CN1c1ccc(F)c(Cl)c1)c1ccc(Cl)c(S(=O)(=O)N2CCCC2)c1. The van der Waals surface area contributed by atoms with E-state index in [1.165, 1.54) is 34.6 Å². The van der Waals surface area contributed by atoms with E-state index >= 15 is 0 Å². The number of hydrogen-bond acceptors (Lipinski definition) is 3. The van der Waals surface area contributed by atoms with Gasteiger partial charge in [0.2, 0.25) is 10.0 Å². The van der Waals surface area contributed by atoms with E-state index in [1.807, 2.05) is 24.3 Å². The molecule has 1 saturated heterocycles. The van der Waals surface area contributed by atoms with Gasteiger partial charge in [0.05, 0.1) is 16.6 Å². The molecule has 180 valence electrons. The molecule has 0 radical (unpaired) electrons. The standard InChI is InChI=1S/C25H20Cl2FN3O3S/c26-20-9-7-16(13-23(20)35(33,34)30-11-3-4-12-30)25(32)29-24-19-6-2-1-5-17(19)15-31(24)18-8-10-22(28)21(27)14-18/h1-2,5-10,13-14H,3-4,11-12,15H2. The average molecular weight is 532 g/mol. The molecule has 0 aromatic heterocycles.